The normalized spacial score (nSPS) is 36.0. The molecule has 3 heterocycles. The van der Waals surface area contributed by atoms with Crippen molar-refractivity contribution in [1.29, 1.82) is 21.2 Å². The van der Waals surface area contributed by atoms with E-state index >= 15 is 0 Å². The minimum absolute atomic E-state index is 0.364. The van der Waals surface area contributed by atoms with Gasteiger partial charge in [0.2, 0.25) is 17.1 Å². The standard InChI is InChI=1S/C17H15N5O2/c1-3-17-11(2)16(10-20,14(21)24-17)15(8-18,9-19)13(23-17)12-6-4-5-7-22-12/h4-7,11,13,21H,3H2,1-2H3/t11-,13+,16-,17-/m1/s1. The highest BCUT2D eigenvalue weighted by Crippen LogP contribution is 2.66. The molecule has 1 aromatic heterocycles. The van der Waals surface area contributed by atoms with Crippen molar-refractivity contribution in [3.05, 3.63) is 30.1 Å². The van der Waals surface area contributed by atoms with Crippen molar-refractivity contribution in [2.45, 2.75) is 32.2 Å². The van der Waals surface area contributed by atoms with Gasteiger partial charge in [0.05, 0.1) is 29.8 Å². The van der Waals surface area contributed by atoms with Crippen LogP contribution in [0.2, 0.25) is 0 Å². The molecule has 0 aromatic carbocycles. The molecule has 2 fully saturated rings. The zero-order chi connectivity index (χ0) is 17.6. The highest BCUT2D eigenvalue weighted by molar-refractivity contribution is 5.89. The summed E-state index contributed by atoms with van der Waals surface area (Å²) in [5.74, 6) is -2.26. The van der Waals surface area contributed by atoms with Gasteiger partial charge in [-0.2, -0.15) is 15.8 Å². The van der Waals surface area contributed by atoms with Crippen molar-refractivity contribution in [2.24, 2.45) is 16.7 Å². The fraction of sp³-hybridized carbons (Fsp3) is 0.471. The number of fused-ring (bicyclic) bond motifs is 2. The fourth-order valence-electron chi connectivity index (χ4n) is 3.84. The van der Waals surface area contributed by atoms with Gasteiger partial charge in [0.25, 0.3) is 0 Å². The number of nitrogens with zero attached hydrogens (tertiary/aromatic N) is 4. The summed E-state index contributed by atoms with van der Waals surface area (Å²) in [4.78, 5) is 4.21. The quantitative estimate of drug-likeness (QED) is 0.891. The summed E-state index contributed by atoms with van der Waals surface area (Å²) in [6.45, 7) is 3.50. The van der Waals surface area contributed by atoms with E-state index in [1.54, 1.807) is 25.1 Å². The topological polar surface area (TPSA) is 127 Å². The van der Waals surface area contributed by atoms with E-state index in [1.165, 1.54) is 6.20 Å². The Balaban J connectivity index is 2.34. The molecule has 7 heteroatoms. The maximum atomic E-state index is 9.93. The summed E-state index contributed by atoms with van der Waals surface area (Å²) in [5.41, 5.74) is -3.28. The van der Waals surface area contributed by atoms with Crippen molar-refractivity contribution in [2.75, 3.05) is 0 Å². The minimum atomic E-state index is -1.93. The lowest BCUT2D eigenvalue weighted by molar-refractivity contribution is -0.281. The third kappa shape index (κ3) is 1.51. The minimum Gasteiger partial charge on any atom is -0.447 e. The van der Waals surface area contributed by atoms with Gasteiger partial charge in [0.1, 0.15) is 6.10 Å². The van der Waals surface area contributed by atoms with Gasteiger partial charge in [0, 0.05) is 12.6 Å². The van der Waals surface area contributed by atoms with Crippen LogP contribution in [-0.2, 0) is 9.47 Å². The number of rotatable bonds is 2. The summed E-state index contributed by atoms with van der Waals surface area (Å²) in [6, 6.07) is 11.1. The van der Waals surface area contributed by atoms with E-state index in [0.717, 1.165) is 0 Å². The Labute approximate surface area is 139 Å². The molecule has 0 aliphatic carbocycles. The number of aromatic nitrogens is 1. The Bertz CT molecular complexity index is 804. The van der Waals surface area contributed by atoms with Crippen LogP contribution in [-0.4, -0.2) is 16.7 Å². The summed E-state index contributed by atoms with van der Waals surface area (Å²) in [5, 5.41) is 38.0. The predicted molar refractivity (Wildman–Crippen MR) is 80.8 cm³/mol. The van der Waals surface area contributed by atoms with Gasteiger partial charge in [-0.3, -0.25) is 10.4 Å². The molecule has 7 nitrogen and oxygen atoms in total. The zero-order valence-electron chi connectivity index (χ0n) is 13.3. The van der Waals surface area contributed by atoms with Crippen molar-refractivity contribution >= 4 is 5.90 Å². The van der Waals surface area contributed by atoms with Crippen LogP contribution in [0.4, 0.5) is 0 Å². The van der Waals surface area contributed by atoms with Crippen LogP contribution in [0.15, 0.2) is 24.4 Å². The smallest absolute Gasteiger partial charge is 0.217 e. The fourth-order valence-corrected chi connectivity index (χ4v) is 3.84. The highest BCUT2D eigenvalue weighted by atomic mass is 16.7. The molecule has 4 atom stereocenters. The maximum absolute atomic E-state index is 9.93. The Hall–Kier alpha value is -2.95. The average molecular weight is 321 g/mol. The van der Waals surface area contributed by atoms with Crippen LogP contribution in [0.3, 0.4) is 0 Å². The molecule has 1 N–H and O–H groups in total. The molecule has 3 rings (SSSR count). The molecule has 2 aliphatic heterocycles. The first-order chi connectivity index (χ1) is 11.5. The lowest BCUT2D eigenvalue weighted by Crippen LogP contribution is -2.58. The molecule has 0 amide bonds. The van der Waals surface area contributed by atoms with Crippen molar-refractivity contribution in [3.63, 3.8) is 0 Å². The van der Waals surface area contributed by atoms with E-state index in [1.807, 2.05) is 19.1 Å². The van der Waals surface area contributed by atoms with E-state index in [2.05, 4.69) is 11.1 Å². The second-order valence-corrected chi connectivity index (χ2v) is 6.02. The van der Waals surface area contributed by atoms with E-state index < -0.39 is 28.6 Å². The van der Waals surface area contributed by atoms with Crippen molar-refractivity contribution in [3.8, 4) is 18.2 Å². The molecule has 0 unspecified atom stereocenters. The van der Waals surface area contributed by atoms with Gasteiger partial charge in [-0.05, 0) is 12.1 Å². The van der Waals surface area contributed by atoms with Crippen LogP contribution in [0.1, 0.15) is 32.1 Å². The van der Waals surface area contributed by atoms with Crippen LogP contribution in [0.25, 0.3) is 0 Å². The number of hydrogen-bond acceptors (Lipinski definition) is 7. The van der Waals surface area contributed by atoms with E-state index in [9.17, 15) is 15.8 Å². The van der Waals surface area contributed by atoms with E-state index in [0.29, 0.717) is 12.1 Å². The number of pyridine rings is 1. The summed E-state index contributed by atoms with van der Waals surface area (Å²) < 4.78 is 11.7. The molecular formula is C17H15N5O2. The monoisotopic (exact) mass is 321 g/mol. The first kappa shape index (κ1) is 15.9. The van der Waals surface area contributed by atoms with Gasteiger partial charge in [0.15, 0.2) is 5.41 Å². The third-order valence-electron chi connectivity index (χ3n) is 5.25. The van der Waals surface area contributed by atoms with Crippen LogP contribution >= 0.6 is 0 Å². The summed E-state index contributed by atoms with van der Waals surface area (Å²) in [7, 11) is 0. The summed E-state index contributed by atoms with van der Waals surface area (Å²) >= 11 is 0. The van der Waals surface area contributed by atoms with Gasteiger partial charge >= 0.3 is 0 Å². The van der Waals surface area contributed by atoms with Crippen molar-refractivity contribution < 1.29 is 9.47 Å². The Morgan fingerprint density at radius 2 is 1.96 bits per heavy atom. The van der Waals surface area contributed by atoms with Gasteiger partial charge in [-0.15, -0.1) is 0 Å². The number of nitriles is 3. The highest BCUT2D eigenvalue weighted by Gasteiger charge is 2.79. The first-order valence-corrected chi connectivity index (χ1v) is 7.58. The predicted octanol–water partition coefficient (Wildman–Crippen LogP) is 2.45. The molecule has 0 radical (unpaired) electrons. The number of hydrogen-bond donors (Lipinski definition) is 1. The van der Waals surface area contributed by atoms with Crippen LogP contribution < -0.4 is 0 Å². The second-order valence-electron chi connectivity index (χ2n) is 6.02. The molecular weight excluding hydrogens is 306 g/mol. The third-order valence-corrected chi connectivity index (χ3v) is 5.25. The SMILES string of the molecule is CC[C@@]12OC(=N)[C@@](C#N)([C@H]1C)C(C#N)(C#N)[C@H](c1ccccn1)O2. The van der Waals surface area contributed by atoms with Crippen LogP contribution in [0, 0.1) is 56.2 Å². The second kappa shape index (κ2) is 5.03. The Kier molecular flexibility index (Phi) is 3.34. The molecule has 0 spiro atoms. The molecule has 24 heavy (non-hydrogen) atoms. The molecule has 2 aliphatic rings. The largest absolute Gasteiger partial charge is 0.447 e. The first-order valence-electron chi connectivity index (χ1n) is 7.58. The molecule has 2 bridgehead atoms. The molecule has 0 saturated carbocycles. The molecule has 2 saturated heterocycles. The van der Waals surface area contributed by atoms with E-state index in [4.69, 9.17) is 14.9 Å². The van der Waals surface area contributed by atoms with Gasteiger partial charge in [-0.25, -0.2) is 0 Å². The number of ether oxygens (including phenoxy) is 2. The van der Waals surface area contributed by atoms with Crippen molar-refractivity contribution in [1.82, 2.24) is 4.98 Å². The lowest BCUT2D eigenvalue weighted by Gasteiger charge is -2.48. The lowest BCUT2D eigenvalue weighted by atomic mass is 9.54. The molecule has 1 aromatic rings. The van der Waals surface area contributed by atoms with Gasteiger partial charge in [-0.1, -0.05) is 19.9 Å². The Morgan fingerprint density at radius 3 is 2.46 bits per heavy atom. The maximum Gasteiger partial charge on any atom is 0.217 e. The van der Waals surface area contributed by atoms with E-state index in [-0.39, 0.29) is 5.90 Å². The zero-order valence-corrected chi connectivity index (χ0v) is 13.3. The van der Waals surface area contributed by atoms with Gasteiger partial charge < -0.3 is 9.47 Å². The Morgan fingerprint density at radius 1 is 1.25 bits per heavy atom. The average Bonchev–Trinajstić information content (AvgIpc) is 2.78. The molecule has 120 valence electrons. The van der Waals surface area contributed by atoms with Crippen LogP contribution in [0.5, 0.6) is 0 Å². The summed E-state index contributed by atoms with van der Waals surface area (Å²) in [6.07, 6.45) is 0.811. The number of nitrogens with one attached hydrogen (secondary N) is 1.